The fourth-order valence-electron chi connectivity index (χ4n) is 1.48. The maximum Gasteiger partial charge on any atom is 0.115 e. The Bertz CT molecular complexity index is 303. The van der Waals surface area contributed by atoms with Crippen molar-refractivity contribution in [2.45, 2.75) is 26.4 Å². The van der Waals surface area contributed by atoms with Crippen LogP contribution in [-0.4, -0.2) is 29.2 Å². The number of ether oxygens (including phenoxy) is 1. The number of hydrogen-bond donors (Lipinski definition) is 1. The number of nitrogens with zero attached hydrogens (tertiary/aromatic N) is 2. The smallest absolute Gasteiger partial charge is 0.115 e. The summed E-state index contributed by atoms with van der Waals surface area (Å²) in [5.74, 6) is 0. The lowest BCUT2D eigenvalue weighted by molar-refractivity contribution is -0.00584. The maximum atomic E-state index is 5.09. The fraction of sp³-hybridized carbons (Fsp3) is 0.600. The summed E-state index contributed by atoms with van der Waals surface area (Å²) in [6.45, 7) is 6.52. The van der Waals surface area contributed by atoms with E-state index in [1.807, 2.05) is 13.8 Å². The van der Waals surface area contributed by atoms with Crippen molar-refractivity contribution in [2.24, 2.45) is 0 Å². The molecule has 0 unspecified atom stereocenters. The Labute approximate surface area is 83.7 Å². The largest absolute Gasteiger partial charge is 0.378 e. The maximum absolute atomic E-state index is 5.09. The highest BCUT2D eigenvalue weighted by atomic mass is 16.5. The summed E-state index contributed by atoms with van der Waals surface area (Å²) >= 11 is 0. The topological polar surface area (TPSA) is 47.0 Å². The Morgan fingerprint density at radius 1 is 1.36 bits per heavy atom. The zero-order valence-corrected chi connectivity index (χ0v) is 8.58. The molecule has 1 aromatic rings. The molecule has 2 heterocycles. The van der Waals surface area contributed by atoms with Crippen LogP contribution in [0.25, 0.3) is 0 Å². The van der Waals surface area contributed by atoms with Gasteiger partial charge in [-0.05, 0) is 13.8 Å². The molecule has 4 heteroatoms. The summed E-state index contributed by atoms with van der Waals surface area (Å²) in [7, 11) is 0. The third-order valence-electron chi connectivity index (χ3n) is 2.58. The van der Waals surface area contributed by atoms with Gasteiger partial charge in [-0.1, -0.05) is 0 Å². The van der Waals surface area contributed by atoms with Crippen LogP contribution in [0.4, 0.5) is 0 Å². The van der Waals surface area contributed by atoms with Crippen LogP contribution < -0.4 is 5.32 Å². The highest BCUT2D eigenvalue weighted by Crippen LogP contribution is 2.09. The van der Waals surface area contributed by atoms with Crippen LogP contribution in [0.3, 0.4) is 0 Å². The number of hydrogen-bond acceptors (Lipinski definition) is 4. The van der Waals surface area contributed by atoms with Crippen molar-refractivity contribution in [3.63, 3.8) is 0 Å². The lowest BCUT2D eigenvalue weighted by atomic mass is 10.1. The molecule has 0 spiro atoms. The molecular formula is C10H15N3O. The van der Waals surface area contributed by atoms with Gasteiger partial charge < -0.3 is 10.1 Å². The second-order valence-corrected chi connectivity index (χ2v) is 3.64. The van der Waals surface area contributed by atoms with Gasteiger partial charge in [-0.25, -0.2) is 9.97 Å². The van der Waals surface area contributed by atoms with E-state index in [1.54, 1.807) is 6.33 Å². The van der Waals surface area contributed by atoms with Crippen molar-refractivity contribution in [3.8, 4) is 0 Å². The van der Waals surface area contributed by atoms with E-state index in [-0.39, 0.29) is 0 Å². The average Bonchev–Trinajstić information content (AvgIpc) is 2.07. The number of aryl methyl sites for hydroxylation is 2. The molecule has 14 heavy (non-hydrogen) atoms. The van der Waals surface area contributed by atoms with Crippen LogP contribution in [-0.2, 0) is 11.3 Å². The lowest BCUT2D eigenvalue weighted by Crippen LogP contribution is -2.45. The molecule has 0 amide bonds. The third-order valence-corrected chi connectivity index (χ3v) is 2.58. The van der Waals surface area contributed by atoms with Gasteiger partial charge in [0.15, 0.2) is 0 Å². The summed E-state index contributed by atoms with van der Waals surface area (Å²) in [6, 6.07) is 0.508. The normalized spacial score (nSPS) is 16.7. The van der Waals surface area contributed by atoms with Gasteiger partial charge in [-0.2, -0.15) is 0 Å². The average molecular weight is 193 g/mol. The quantitative estimate of drug-likeness (QED) is 0.763. The molecule has 1 aromatic heterocycles. The Morgan fingerprint density at radius 3 is 2.50 bits per heavy atom. The highest BCUT2D eigenvalue weighted by molar-refractivity contribution is 5.22. The fourth-order valence-corrected chi connectivity index (χ4v) is 1.48. The van der Waals surface area contributed by atoms with Crippen LogP contribution in [0.5, 0.6) is 0 Å². The van der Waals surface area contributed by atoms with Crippen molar-refractivity contribution in [3.05, 3.63) is 23.3 Å². The predicted molar refractivity (Wildman–Crippen MR) is 53.0 cm³/mol. The van der Waals surface area contributed by atoms with Gasteiger partial charge in [-0.3, -0.25) is 0 Å². The van der Waals surface area contributed by atoms with E-state index in [9.17, 15) is 0 Å². The number of nitrogens with one attached hydrogen (secondary N) is 1. The molecule has 0 radical (unpaired) electrons. The van der Waals surface area contributed by atoms with Crippen LogP contribution in [0.1, 0.15) is 17.0 Å². The van der Waals surface area contributed by atoms with E-state index in [4.69, 9.17) is 4.74 Å². The summed E-state index contributed by atoms with van der Waals surface area (Å²) in [5.41, 5.74) is 3.33. The van der Waals surface area contributed by atoms with E-state index >= 15 is 0 Å². The van der Waals surface area contributed by atoms with E-state index in [2.05, 4.69) is 15.3 Å². The second-order valence-electron chi connectivity index (χ2n) is 3.64. The second kappa shape index (κ2) is 4.02. The minimum Gasteiger partial charge on any atom is -0.378 e. The SMILES string of the molecule is Cc1ncnc(C)c1CNC1COC1. The molecule has 76 valence electrons. The lowest BCUT2D eigenvalue weighted by Gasteiger charge is -2.27. The Morgan fingerprint density at radius 2 is 2.00 bits per heavy atom. The zero-order chi connectivity index (χ0) is 9.97. The zero-order valence-electron chi connectivity index (χ0n) is 8.58. The minimum absolute atomic E-state index is 0.508. The standard InChI is InChI=1S/C10H15N3O/c1-7-10(8(2)13-6-12-7)3-11-9-4-14-5-9/h6,9,11H,3-5H2,1-2H3. The molecule has 1 N–H and O–H groups in total. The highest BCUT2D eigenvalue weighted by Gasteiger charge is 2.17. The molecule has 0 aromatic carbocycles. The summed E-state index contributed by atoms with van der Waals surface area (Å²) in [6.07, 6.45) is 1.61. The molecule has 1 saturated heterocycles. The first-order chi connectivity index (χ1) is 6.77. The summed E-state index contributed by atoms with van der Waals surface area (Å²) < 4.78 is 5.09. The third kappa shape index (κ3) is 1.91. The van der Waals surface area contributed by atoms with Gasteiger partial charge in [0.1, 0.15) is 6.33 Å². The molecule has 4 nitrogen and oxygen atoms in total. The van der Waals surface area contributed by atoms with Gasteiger partial charge in [0.2, 0.25) is 0 Å². The molecule has 1 fully saturated rings. The molecule has 0 saturated carbocycles. The molecule has 1 aliphatic heterocycles. The van der Waals surface area contributed by atoms with Crippen molar-refractivity contribution in [2.75, 3.05) is 13.2 Å². The molecule has 0 aliphatic carbocycles. The number of aromatic nitrogens is 2. The van der Waals surface area contributed by atoms with E-state index in [0.29, 0.717) is 6.04 Å². The van der Waals surface area contributed by atoms with Crippen molar-refractivity contribution in [1.82, 2.24) is 15.3 Å². The molecule has 0 atom stereocenters. The summed E-state index contributed by atoms with van der Waals surface area (Å²) in [4.78, 5) is 8.36. The predicted octanol–water partition coefficient (Wildman–Crippen LogP) is 0.582. The van der Waals surface area contributed by atoms with Gasteiger partial charge >= 0.3 is 0 Å². The van der Waals surface area contributed by atoms with E-state index in [1.165, 1.54) is 5.56 Å². The van der Waals surface area contributed by atoms with Gasteiger partial charge in [-0.15, -0.1) is 0 Å². The first-order valence-electron chi connectivity index (χ1n) is 4.85. The van der Waals surface area contributed by atoms with Gasteiger partial charge in [0.05, 0.1) is 19.3 Å². The van der Waals surface area contributed by atoms with Crippen molar-refractivity contribution < 1.29 is 4.74 Å². The Balaban J connectivity index is 2.00. The van der Waals surface area contributed by atoms with Crippen molar-refractivity contribution in [1.29, 1.82) is 0 Å². The Hall–Kier alpha value is -1.00. The molecule has 1 aliphatic rings. The molecule has 0 bridgehead atoms. The van der Waals surface area contributed by atoms with Gasteiger partial charge in [0.25, 0.3) is 0 Å². The van der Waals surface area contributed by atoms with Crippen LogP contribution in [0.2, 0.25) is 0 Å². The van der Waals surface area contributed by atoms with Crippen molar-refractivity contribution >= 4 is 0 Å². The van der Waals surface area contributed by atoms with Crippen LogP contribution in [0, 0.1) is 13.8 Å². The monoisotopic (exact) mass is 193 g/mol. The van der Waals surface area contributed by atoms with Gasteiger partial charge in [0, 0.05) is 23.5 Å². The first kappa shape index (κ1) is 9.55. The Kier molecular flexibility index (Phi) is 2.74. The number of rotatable bonds is 3. The molecular weight excluding hydrogens is 178 g/mol. The molecule has 2 rings (SSSR count). The first-order valence-corrected chi connectivity index (χ1v) is 4.85. The van der Waals surface area contributed by atoms with E-state index < -0.39 is 0 Å². The van der Waals surface area contributed by atoms with Crippen LogP contribution in [0.15, 0.2) is 6.33 Å². The van der Waals surface area contributed by atoms with Crippen LogP contribution >= 0.6 is 0 Å². The van der Waals surface area contributed by atoms with E-state index in [0.717, 1.165) is 31.1 Å². The minimum atomic E-state index is 0.508. The summed E-state index contributed by atoms with van der Waals surface area (Å²) in [5, 5.41) is 3.41.